The molecule has 3 aromatic heterocycles. The molecule has 0 fully saturated rings. The van der Waals surface area contributed by atoms with Crippen molar-refractivity contribution in [3.8, 4) is 0 Å². The second-order valence-corrected chi connectivity index (χ2v) is 6.87. The largest absolute Gasteiger partial charge is 0.332 e. The maximum Gasteiger partial charge on any atom is 0.332 e. The maximum atomic E-state index is 13.2. The summed E-state index contributed by atoms with van der Waals surface area (Å²) in [5.41, 5.74) is 4.17. The molecule has 4 aromatic rings. The maximum absolute atomic E-state index is 13.2. The van der Waals surface area contributed by atoms with Gasteiger partial charge in [-0.2, -0.15) is 4.98 Å². The number of nitrogens with zero attached hydrogens (tertiary/aromatic N) is 5. The molecule has 0 amide bonds. The molecule has 0 radical (unpaired) electrons. The van der Waals surface area contributed by atoms with E-state index in [2.05, 4.69) is 4.98 Å². The van der Waals surface area contributed by atoms with Gasteiger partial charge in [-0.1, -0.05) is 29.8 Å². The van der Waals surface area contributed by atoms with Crippen molar-refractivity contribution in [2.24, 2.45) is 14.1 Å². The third-order valence-electron chi connectivity index (χ3n) is 5.21. The summed E-state index contributed by atoms with van der Waals surface area (Å²) in [7, 11) is 3.57. The summed E-state index contributed by atoms with van der Waals surface area (Å²) < 4.78 is 6.52. The zero-order valence-electron chi connectivity index (χ0n) is 15.6. The van der Waals surface area contributed by atoms with E-state index in [1.54, 1.807) is 7.05 Å². The van der Waals surface area contributed by atoms with Crippen LogP contribution in [0, 0.1) is 20.8 Å². The Kier molecular flexibility index (Phi) is 3.44. The number of hydrogen-bond donors (Lipinski definition) is 0. The first-order valence-corrected chi connectivity index (χ1v) is 8.50. The van der Waals surface area contributed by atoms with E-state index < -0.39 is 0 Å². The van der Waals surface area contributed by atoms with Crippen molar-refractivity contribution in [3.05, 3.63) is 67.6 Å². The van der Waals surface area contributed by atoms with Crippen molar-refractivity contribution in [1.82, 2.24) is 23.1 Å². The minimum atomic E-state index is -0.359. The monoisotopic (exact) mass is 351 g/mol. The smallest absolute Gasteiger partial charge is 0.317 e. The number of benzene rings is 1. The van der Waals surface area contributed by atoms with Crippen LogP contribution in [-0.2, 0) is 20.6 Å². The van der Waals surface area contributed by atoms with Crippen LogP contribution < -0.4 is 11.2 Å². The van der Waals surface area contributed by atoms with Crippen molar-refractivity contribution in [2.45, 2.75) is 27.3 Å². The normalized spacial score (nSPS) is 11.7. The Bertz CT molecular complexity index is 1300. The summed E-state index contributed by atoms with van der Waals surface area (Å²) >= 11 is 0. The van der Waals surface area contributed by atoms with E-state index >= 15 is 0 Å². The van der Waals surface area contributed by atoms with Gasteiger partial charge in [0.1, 0.15) is 0 Å². The lowest BCUT2D eigenvalue weighted by molar-refractivity contribution is 0.656. The predicted octanol–water partition coefficient (Wildman–Crippen LogP) is 1.66. The molecule has 0 aliphatic carbocycles. The van der Waals surface area contributed by atoms with Crippen LogP contribution in [0.5, 0.6) is 0 Å². The molecule has 4 rings (SSSR count). The van der Waals surface area contributed by atoms with Crippen LogP contribution in [0.2, 0.25) is 0 Å². The highest BCUT2D eigenvalue weighted by molar-refractivity contribution is 5.76. The summed E-state index contributed by atoms with van der Waals surface area (Å²) in [5, 5.41) is 0. The first-order chi connectivity index (χ1) is 12.3. The van der Waals surface area contributed by atoms with Crippen LogP contribution in [0.4, 0.5) is 0 Å². The molecule has 7 nitrogen and oxygen atoms in total. The molecule has 0 unspecified atom stereocenters. The van der Waals surface area contributed by atoms with E-state index in [0.717, 1.165) is 22.5 Å². The van der Waals surface area contributed by atoms with Gasteiger partial charge in [-0.3, -0.25) is 18.3 Å². The van der Waals surface area contributed by atoms with Crippen LogP contribution in [0.15, 0.2) is 33.9 Å². The summed E-state index contributed by atoms with van der Waals surface area (Å²) in [6, 6.07) is 7.83. The number of imidazole rings is 2. The number of aromatic nitrogens is 5. The van der Waals surface area contributed by atoms with Gasteiger partial charge in [0.25, 0.3) is 5.56 Å². The van der Waals surface area contributed by atoms with Gasteiger partial charge in [0.05, 0.1) is 6.54 Å². The molecule has 0 bridgehead atoms. The summed E-state index contributed by atoms with van der Waals surface area (Å²) in [6.07, 6.45) is 0. The molecule has 0 spiro atoms. The van der Waals surface area contributed by atoms with Crippen molar-refractivity contribution < 1.29 is 0 Å². The molecule has 134 valence electrons. The molecular formula is C19H21N5O2. The van der Waals surface area contributed by atoms with Gasteiger partial charge in [0, 0.05) is 25.5 Å². The SMILES string of the molecule is Cc1cccc(Cn2c(=O)c3c(nc4n(C)c(C)c(C)n34)n(C)c2=O)c1. The predicted molar refractivity (Wildman–Crippen MR) is 101 cm³/mol. The van der Waals surface area contributed by atoms with Crippen LogP contribution in [-0.4, -0.2) is 23.1 Å². The quantitative estimate of drug-likeness (QED) is 0.552. The molecule has 0 saturated heterocycles. The molecule has 0 aliphatic rings. The van der Waals surface area contributed by atoms with E-state index in [4.69, 9.17) is 0 Å². The number of aryl methyl sites for hydroxylation is 4. The van der Waals surface area contributed by atoms with Crippen LogP contribution in [0.3, 0.4) is 0 Å². The third kappa shape index (κ3) is 2.09. The minimum Gasteiger partial charge on any atom is -0.317 e. The zero-order chi connectivity index (χ0) is 18.7. The van der Waals surface area contributed by atoms with Crippen LogP contribution in [0.25, 0.3) is 16.9 Å². The highest BCUT2D eigenvalue weighted by atomic mass is 16.2. The fraction of sp³-hybridized carbons (Fsp3) is 0.316. The van der Waals surface area contributed by atoms with E-state index in [1.165, 1.54) is 9.13 Å². The highest BCUT2D eigenvalue weighted by Crippen LogP contribution is 2.19. The molecule has 26 heavy (non-hydrogen) atoms. The summed E-state index contributed by atoms with van der Waals surface area (Å²) in [6.45, 7) is 6.17. The van der Waals surface area contributed by atoms with E-state index in [0.29, 0.717) is 16.9 Å². The van der Waals surface area contributed by atoms with E-state index in [9.17, 15) is 9.59 Å². The van der Waals surface area contributed by atoms with Crippen molar-refractivity contribution in [1.29, 1.82) is 0 Å². The molecule has 1 aromatic carbocycles. The van der Waals surface area contributed by atoms with Gasteiger partial charge >= 0.3 is 5.69 Å². The minimum absolute atomic E-state index is 0.237. The van der Waals surface area contributed by atoms with Gasteiger partial charge < -0.3 is 4.57 Å². The summed E-state index contributed by atoms with van der Waals surface area (Å²) in [5.74, 6) is 0.662. The second kappa shape index (κ2) is 5.45. The second-order valence-electron chi connectivity index (χ2n) is 6.87. The van der Waals surface area contributed by atoms with Gasteiger partial charge in [-0.25, -0.2) is 4.79 Å². The molecule has 3 heterocycles. The Balaban J connectivity index is 2.09. The lowest BCUT2D eigenvalue weighted by Gasteiger charge is -2.09. The Labute approximate surface area is 149 Å². The van der Waals surface area contributed by atoms with Gasteiger partial charge in [0.15, 0.2) is 11.2 Å². The standard InChI is InChI=1S/C19H21N5O2/c1-11-7-6-8-14(9-11)10-23-17(25)15-16(22(5)19(23)26)20-18-21(4)12(2)13(3)24(15)18/h6-9H,10H2,1-5H3. The van der Waals surface area contributed by atoms with Crippen molar-refractivity contribution in [3.63, 3.8) is 0 Å². The fourth-order valence-corrected chi connectivity index (χ4v) is 3.54. The number of fused-ring (bicyclic) bond motifs is 3. The van der Waals surface area contributed by atoms with Gasteiger partial charge in [-0.15, -0.1) is 0 Å². The Hall–Kier alpha value is -3.09. The topological polar surface area (TPSA) is 66.2 Å². The van der Waals surface area contributed by atoms with Crippen LogP contribution in [0.1, 0.15) is 22.5 Å². The number of rotatable bonds is 2. The fourth-order valence-electron chi connectivity index (χ4n) is 3.54. The molecular weight excluding hydrogens is 330 g/mol. The highest BCUT2D eigenvalue weighted by Gasteiger charge is 2.21. The molecule has 0 saturated carbocycles. The van der Waals surface area contributed by atoms with Crippen molar-refractivity contribution in [2.75, 3.05) is 0 Å². The van der Waals surface area contributed by atoms with Gasteiger partial charge in [0.2, 0.25) is 5.78 Å². The first kappa shape index (κ1) is 16.4. The average Bonchev–Trinajstić information content (AvgIpc) is 3.10. The number of hydrogen-bond acceptors (Lipinski definition) is 3. The Morgan fingerprint density at radius 3 is 2.42 bits per heavy atom. The Morgan fingerprint density at radius 1 is 1.00 bits per heavy atom. The lowest BCUT2D eigenvalue weighted by Crippen LogP contribution is -2.39. The lowest BCUT2D eigenvalue weighted by atomic mass is 10.1. The zero-order valence-corrected chi connectivity index (χ0v) is 15.6. The van der Waals surface area contributed by atoms with Gasteiger partial charge in [-0.05, 0) is 26.3 Å². The molecule has 7 heteroatoms. The van der Waals surface area contributed by atoms with Crippen molar-refractivity contribution >= 4 is 16.9 Å². The molecule has 0 N–H and O–H groups in total. The first-order valence-electron chi connectivity index (χ1n) is 8.50. The Morgan fingerprint density at radius 2 is 1.73 bits per heavy atom. The summed E-state index contributed by atoms with van der Waals surface area (Å²) in [4.78, 5) is 30.6. The third-order valence-corrected chi connectivity index (χ3v) is 5.21. The van der Waals surface area contributed by atoms with E-state index in [1.807, 2.05) is 61.1 Å². The average molecular weight is 351 g/mol. The van der Waals surface area contributed by atoms with E-state index in [-0.39, 0.29) is 17.8 Å². The van der Waals surface area contributed by atoms with Crippen LogP contribution >= 0.6 is 0 Å². The molecule has 0 aliphatic heterocycles. The molecule has 0 atom stereocenters.